The maximum absolute atomic E-state index is 12.9. The lowest BCUT2D eigenvalue weighted by atomic mass is 9.99. The highest BCUT2D eigenvalue weighted by atomic mass is 16.4. The molecule has 3 rings (SSSR count). The second kappa shape index (κ2) is 6.55. The number of aromatic nitrogens is 1. The van der Waals surface area contributed by atoms with Crippen LogP contribution >= 0.6 is 0 Å². The zero-order chi connectivity index (χ0) is 18.1. The first-order valence-corrected chi connectivity index (χ1v) is 8.26. The van der Waals surface area contributed by atoms with Crippen molar-refractivity contribution in [1.29, 1.82) is 0 Å². The van der Waals surface area contributed by atoms with Crippen molar-refractivity contribution in [2.45, 2.75) is 33.7 Å². The molecule has 3 aromatic rings. The molecular weight excluding hydrogens is 314 g/mol. The van der Waals surface area contributed by atoms with Gasteiger partial charge in [-0.25, -0.2) is 0 Å². The lowest BCUT2D eigenvalue weighted by Crippen LogP contribution is -2.19. The van der Waals surface area contributed by atoms with Crippen LogP contribution in [-0.4, -0.2) is 15.6 Å². The lowest BCUT2D eigenvalue weighted by Gasteiger charge is -2.14. The highest BCUT2D eigenvalue weighted by Crippen LogP contribution is 2.19. The van der Waals surface area contributed by atoms with Crippen LogP contribution in [0.1, 0.15) is 27.8 Å². The van der Waals surface area contributed by atoms with Gasteiger partial charge in [0.25, 0.3) is 0 Å². The van der Waals surface area contributed by atoms with E-state index in [0.29, 0.717) is 22.9 Å². The lowest BCUT2D eigenvalue weighted by molar-refractivity contribution is -0.137. The van der Waals surface area contributed by atoms with Crippen molar-refractivity contribution in [3.8, 4) is 0 Å². The van der Waals surface area contributed by atoms with E-state index in [-0.39, 0.29) is 12.0 Å². The fourth-order valence-electron chi connectivity index (χ4n) is 3.49. The zero-order valence-electron chi connectivity index (χ0n) is 14.7. The summed E-state index contributed by atoms with van der Waals surface area (Å²) in [5, 5.41) is 9.81. The molecule has 0 unspecified atom stereocenters. The van der Waals surface area contributed by atoms with E-state index >= 15 is 0 Å². The number of carboxylic acids is 1. The van der Waals surface area contributed by atoms with Gasteiger partial charge in [0.1, 0.15) is 6.54 Å². The van der Waals surface area contributed by atoms with E-state index in [9.17, 15) is 14.7 Å². The number of benzene rings is 2. The number of para-hydroxylation sites is 1. The summed E-state index contributed by atoms with van der Waals surface area (Å²) in [5.41, 5.74) is 5.54. The largest absolute Gasteiger partial charge is 0.480 e. The number of carboxylic acid groups (broad SMARTS) is 1. The summed E-state index contributed by atoms with van der Waals surface area (Å²) in [5.74, 6) is -0.925. The first-order valence-electron chi connectivity index (χ1n) is 8.26. The van der Waals surface area contributed by atoms with E-state index in [0.717, 1.165) is 22.3 Å². The molecule has 0 aliphatic heterocycles. The normalized spacial score (nSPS) is 11.0. The third-order valence-corrected chi connectivity index (χ3v) is 4.35. The third-order valence-electron chi connectivity index (χ3n) is 4.35. The van der Waals surface area contributed by atoms with E-state index in [1.165, 1.54) is 0 Å². The molecule has 2 aromatic carbocycles. The van der Waals surface area contributed by atoms with Gasteiger partial charge in [-0.2, -0.15) is 0 Å². The Hall–Kier alpha value is -2.88. The van der Waals surface area contributed by atoms with E-state index in [4.69, 9.17) is 0 Å². The van der Waals surface area contributed by atoms with Crippen molar-refractivity contribution >= 4 is 16.9 Å². The Morgan fingerprint density at radius 1 is 1.08 bits per heavy atom. The number of aryl methyl sites for hydroxylation is 3. The first-order chi connectivity index (χ1) is 11.8. The number of nitrogens with zero attached hydrogens (tertiary/aromatic N) is 1. The van der Waals surface area contributed by atoms with Crippen LogP contribution in [0, 0.1) is 20.8 Å². The van der Waals surface area contributed by atoms with Gasteiger partial charge in [0, 0.05) is 23.6 Å². The molecule has 25 heavy (non-hydrogen) atoms. The van der Waals surface area contributed by atoms with E-state index in [1.54, 1.807) is 16.8 Å². The number of hydrogen-bond donors (Lipinski definition) is 1. The molecule has 0 aliphatic carbocycles. The molecule has 0 atom stereocenters. The molecule has 0 saturated heterocycles. The number of hydrogen-bond acceptors (Lipinski definition) is 2. The monoisotopic (exact) mass is 335 g/mol. The van der Waals surface area contributed by atoms with Gasteiger partial charge in [0.05, 0.1) is 5.52 Å². The average molecular weight is 335 g/mol. The molecule has 1 N–H and O–H groups in total. The Kier molecular flexibility index (Phi) is 4.45. The smallest absolute Gasteiger partial charge is 0.323 e. The number of carbonyl (C=O) groups is 1. The minimum absolute atomic E-state index is 0.0282. The van der Waals surface area contributed by atoms with Crippen LogP contribution in [-0.2, 0) is 17.8 Å². The highest BCUT2D eigenvalue weighted by molar-refractivity contribution is 5.84. The van der Waals surface area contributed by atoms with Gasteiger partial charge in [-0.15, -0.1) is 0 Å². The van der Waals surface area contributed by atoms with Crippen molar-refractivity contribution in [1.82, 2.24) is 4.57 Å². The van der Waals surface area contributed by atoms with Crippen LogP contribution in [0.4, 0.5) is 0 Å². The van der Waals surface area contributed by atoms with Crippen molar-refractivity contribution in [3.05, 3.63) is 80.6 Å². The fraction of sp³-hybridized carbons (Fsp3) is 0.238. The summed E-state index contributed by atoms with van der Waals surface area (Å²) in [6.45, 7) is 5.79. The molecule has 1 heterocycles. The van der Waals surface area contributed by atoms with E-state index in [2.05, 4.69) is 18.2 Å². The van der Waals surface area contributed by atoms with Gasteiger partial charge in [0.2, 0.25) is 0 Å². The quantitative estimate of drug-likeness (QED) is 0.792. The molecule has 4 heteroatoms. The predicted octanol–water partition coefficient (Wildman–Crippen LogP) is 3.60. The molecule has 1 aromatic heterocycles. The number of fused-ring (bicyclic) bond motifs is 1. The zero-order valence-corrected chi connectivity index (χ0v) is 14.7. The van der Waals surface area contributed by atoms with E-state index in [1.807, 2.05) is 32.9 Å². The molecule has 0 fully saturated rings. The van der Waals surface area contributed by atoms with Gasteiger partial charge >= 0.3 is 5.97 Å². The second-order valence-electron chi connectivity index (χ2n) is 6.65. The average Bonchev–Trinajstić information content (AvgIpc) is 2.50. The first kappa shape index (κ1) is 17.0. The second-order valence-corrected chi connectivity index (χ2v) is 6.65. The summed E-state index contributed by atoms with van der Waals surface area (Å²) < 4.78 is 1.67. The summed E-state index contributed by atoms with van der Waals surface area (Å²) in [6.07, 6.45) is 2.19. The van der Waals surface area contributed by atoms with E-state index < -0.39 is 5.97 Å². The summed E-state index contributed by atoms with van der Waals surface area (Å²) in [7, 11) is 0. The fourth-order valence-corrected chi connectivity index (χ4v) is 3.49. The van der Waals surface area contributed by atoms with Gasteiger partial charge in [-0.05, 0) is 38.0 Å². The standard InChI is InChI=1S/C21H21NO3/c1-13-7-14(2)9-16(8-13)10-17-11-22(12-19(23)24)20-15(3)5-4-6-18(20)21(17)25/h4-9,11H,10,12H2,1-3H3,(H,23,24). The molecule has 0 saturated carbocycles. The van der Waals surface area contributed by atoms with Gasteiger partial charge in [-0.1, -0.05) is 41.5 Å². The molecule has 0 bridgehead atoms. The SMILES string of the molecule is Cc1cc(C)cc(Cc2cn(CC(=O)O)c3c(C)cccc3c2=O)c1. The molecule has 0 aliphatic rings. The van der Waals surface area contributed by atoms with Crippen molar-refractivity contribution < 1.29 is 9.90 Å². The highest BCUT2D eigenvalue weighted by Gasteiger charge is 2.13. The van der Waals surface area contributed by atoms with Crippen LogP contribution in [0.3, 0.4) is 0 Å². The van der Waals surface area contributed by atoms with Crippen LogP contribution < -0.4 is 5.43 Å². The topological polar surface area (TPSA) is 59.3 Å². The molecule has 0 spiro atoms. The Morgan fingerprint density at radius 3 is 2.40 bits per heavy atom. The Balaban J connectivity index is 2.20. The van der Waals surface area contributed by atoms with Crippen LogP contribution in [0.15, 0.2) is 47.4 Å². The predicted molar refractivity (Wildman–Crippen MR) is 99.3 cm³/mol. The van der Waals surface area contributed by atoms with Gasteiger partial charge in [-0.3, -0.25) is 9.59 Å². The molecule has 0 amide bonds. The Bertz CT molecular complexity index is 1010. The molecule has 0 radical (unpaired) electrons. The molecule has 128 valence electrons. The van der Waals surface area contributed by atoms with Crippen molar-refractivity contribution in [2.75, 3.05) is 0 Å². The van der Waals surface area contributed by atoms with Crippen molar-refractivity contribution in [2.24, 2.45) is 0 Å². The maximum atomic E-state index is 12.9. The molecular formula is C21H21NO3. The minimum atomic E-state index is -0.925. The molecule has 4 nitrogen and oxygen atoms in total. The summed E-state index contributed by atoms with van der Waals surface area (Å²) >= 11 is 0. The number of aliphatic carboxylic acids is 1. The van der Waals surface area contributed by atoms with Crippen LogP contribution in [0.5, 0.6) is 0 Å². The maximum Gasteiger partial charge on any atom is 0.323 e. The Labute approximate surface area is 146 Å². The van der Waals surface area contributed by atoms with Crippen LogP contribution in [0.2, 0.25) is 0 Å². The van der Waals surface area contributed by atoms with Crippen LogP contribution in [0.25, 0.3) is 10.9 Å². The number of rotatable bonds is 4. The Morgan fingerprint density at radius 2 is 1.76 bits per heavy atom. The summed E-state index contributed by atoms with van der Waals surface area (Å²) in [4.78, 5) is 24.2. The van der Waals surface area contributed by atoms with Gasteiger partial charge < -0.3 is 9.67 Å². The minimum Gasteiger partial charge on any atom is -0.480 e. The third kappa shape index (κ3) is 3.48. The summed E-state index contributed by atoms with van der Waals surface area (Å²) in [6, 6.07) is 11.7. The number of pyridine rings is 1. The van der Waals surface area contributed by atoms with Gasteiger partial charge in [0.15, 0.2) is 5.43 Å². The van der Waals surface area contributed by atoms with Crippen molar-refractivity contribution in [3.63, 3.8) is 0 Å².